The summed E-state index contributed by atoms with van der Waals surface area (Å²) in [5.74, 6) is 0.891. The van der Waals surface area contributed by atoms with Gasteiger partial charge in [0.15, 0.2) is 0 Å². The average molecular weight is 237 g/mol. The molecule has 0 aromatic heterocycles. The second-order valence-corrected chi connectivity index (χ2v) is 4.00. The molecular formula is C14H23NO2. The van der Waals surface area contributed by atoms with Crippen molar-refractivity contribution in [2.45, 2.75) is 26.2 Å². The van der Waals surface area contributed by atoms with Gasteiger partial charge >= 0.3 is 0 Å². The molecule has 0 amide bonds. The lowest BCUT2D eigenvalue weighted by atomic mass is 10.2. The minimum atomic E-state index is 0.593. The summed E-state index contributed by atoms with van der Waals surface area (Å²) in [4.78, 5) is 0. The van der Waals surface area contributed by atoms with Crippen LogP contribution < -0.4 is 10.1 Å². The van der Waals surface area contributed by atoms with Crippen LogP contribution in [0.1, 0.15) is 26.2 Å². The molecule has 17 heavy (non-hydrogen) atoms. The van der Waals surface area contributed by atoms with Gasteiger partial charge in [0, 0.05) is 25.4 Å². The topological polar surface area (TPSA) is 30.5 Å². The van der Waals surface area contributed by atoms with Gasteiger partial charge in [-0.1, -0.05) is 25.8 Å². The summed E-state index contributed by atoms with van der Waals surface area (Å²) in [5, 5.41) is 3.40. The van der Waals surface area contributed by atoms with Crippen LogP contribution in [-0.2, 0) is 4.74 Å². The van der Waals surface area contributed by atoms with Crippen molar-refractivity contribution in [3.05, 3.63) is 24.3 Å². The van der Waals surface area contributed by atoms with Crippen molar-refractivity contribution in [2.24, 2.45) is 0 Å². The summed E-state index contributed by atoms with van der Waals surface area (Å²) in [6.07, 6.45) is 3.74. The Bertz CT molecular complexity index is 302. The van der Waals surface area contributed by atoms with E-state index in [9.17, 15) is 0 Å². The maximum Gasteiger partial charge on any atom is 0.121 e. The number of unbranched alkanes of at least 4 members (excludes halogenated alkanes) is 2. The van der Waals surface area contributed by atoms with E-state index in [1.54, 1.807) is 7.11 Å². The first-order chi connectivity index (χ1) is 8.36. The first-order valence-electron chi connectivity index (χ1n) is 6.32. The van der Waals surface area contributed by atoms with Crippen LogP contribution in [0.4, 0.5) is 5.69 Å². The van der Waals surface area contributed by atoms with Crippen LogP contribution in [0, 0.1) is 0 Å². The van der Waals surface area contributed by atoms with Gasteiger partial charge in [0.05, 0.1) is 6.61 Å². The first-order valence-corrected chi connectivity index (χ1v) is 6.32. The molecule has 0 radical (unpaired) electrons. The molecule has 0 fully saturated rings. The smallest absolute Gasteiger partial charge is 0.121 e. The zero-order valence-electron chi connectivity index (χ0n) is 10.9. The lowest BCUT2D eigenvalue weighted by Gasteiger charge is -2.09. The predicted molar refractivity (Wildman–Crippen MR) is 71.8 cm³/mol. The molecule has 0 aliphatic rings. The van der Waals surface area contributed by atoms with Crippen molar-refractivity contribution in [1.82, 2.24) is 0 Å². The Balaban J connectivity index is 2.31. The molecule has 0 bridgehead atoms. The Morgan fingerprint density at radius 1 is 1.18 bits per heavy atom. The van der Waals surface area contributed by atoms with Gasteiger partial charge in [0.25, 0.3) is 0 Å². The van der Waals surface area contributed by atoms with Crippen molar-refractivity contribution in [2.75, 3.05) is 32.2 Å². The van der Waals surface area contributed by atoms with E-state index < -0.39 is 0 Å². The van der Waals surface area contributed by atoms with Gasteiger partial charge in [-0.25, -0.2) is 0 Å². The normalized spacial score (nSPS) is 10.2. The lowest BCUT2D eigenvalue weighted by molar-refractivity contribution is 0.146. The zero-order valence-corrected chi connectivity index (χ0v) is 10.9. The molecule has 1 rings (SSSR count). The van der Waals surface area contributed by atoms with Crippen LogP contribution in [0.25, 0.3) is 0 Å². The van der Waals surface area contributed by atoms with Crippen LogP contribution in [0.15, 0.2) is 24.3 Å². The molecule has 1 N–H and O–H groups in total. The highest BCUT2D eigenvalue weighted by molar-refractivity contribution is 5.48. The number of hydrogen-bond donors (Lipinski definition) is 1. The van der Waals surface area contributed by atoms with Gasteiger partial charge in [0.2, 0.25) is 0 Å². The van der Waals surface area contributed by atoms with E-state index in [2.05, 4.69) is 18.3 Å². The molecule has 0 aliphatic heterocycles. The van der Waals surface area contributed by atoms with Crippen LogP contribution in [0.3, 0.4) is 0 Å². The summed E-state index contributed by atoms with van der Waals surface area (Å²) in [6, 6.07) is 8.06. The van der Waals surface area contributed by atoms with Crippen LogP contribution in [0.2, 0.25) is 0 Å². The standard InChI is InChI=1S/C14H23NO2/c1-3-4-5-9-15-13-7-6-8-14(12-13)17-11-10-16-2/h6-8,12,15H,3-5,9-11H2,1-2H3. The fourth-order valence-corrected chi connectivity index (χ4v) is 1.55. The third-order valence-corrected chi connectivity index (χ3v) is 2.50. The van der Waals surface area contributed by atoms with Gasteiger partial charge < -0.3 is 14.8 Å². The maximum atomic E-state index is 5.55. The molecule has 0 saturated carbocycles. The molecule has 96 valence electrons. The third-order valence-electron chi connectivity index (χ3n) is 2.50. The van der Waals surface area contributed by atoms with Gasteiger partial charge in [-0.15, -0.1) is 0 Å². The van der Waals surface area contributed by atoms with E-state index in [4.69, 9.17) is 9.47 Å². The van der Waals surface area contributed by atoms with E-state index >= 15 is 0 Å². The van der Waals surface area contributed by atoms with Crippen LogP contribution in [-0.4, -0.2) is 26.9 Å². The predicted octanol–water partition coefficient (Wildman–Crippen LogP) is 3.31. The van der Waals surface area contributed by atoms with Crippen molar-refractivity contribution in [1.29, 1.82) is 0 Å². The summed E-state index contributed by atoms with van der Waals surface area (Å²) in [5.41, 5.74) is 1.12. The molecule has 0 atom stereocenters. The quantitative estimate of drug-likeness (QED) is 0.668. The molecular weight excluding hydrogens is 214 g/mol. The highest BCUT2D eigenvalue weighted by Gasteiger charge is 1.96. The Morgan fingerprint density at radius 3 is 2.82 bits per heavy atom. The van der Waals surface area contributed by atoms with Gasteiger partial charge in [-0.2, -0.15) is 0 Å². The number of benzene rings is 1. The van der Waals surface area contributed by atoms with Gasteiger partial charge in [0.1, 0.15) is 12.4 Å². The Hall–Kier alpha value is -1.22. The minimum Gasteiger partial charge on any atom is -0.491 e. The molecule has 3 nitrogen and oxygen atoms in total. The van der Waals surface area contributed by atoms with E-state index in [1.807, 2.05) is 18.2 Å². The Labute approximate surface area is 104 Å². The van der Waals surface area contributed by atoms with Crippen LogP contribution in [0.5, 0.6) is 5.75 Å². The fraction of sp³-hybridized carbons (Fsp3) is 0.571. The minimum absolute atomic E-state index is 0.593. The largest absolute Gasteiger partial charge is 0.491 e. The van der Waals surface area contributed by atoms with Crippen molar-refractivity contribution < 1.29 is 9.47 Å². The van der Waals surface area contributed by atoms with Crippen molar-refractivity contribution in [3.8, 4) is 5.75 Å². The summed E-state index contributed by atoms with van der Waals surface area (Å²) >= 11 is 0. The fourth-order valence-electron chi connectivity index (χ4n) is 1.55. The van der Waals surface area contributed by atoms with Gasteiger partial charge in [-0.3, -0.25) is 0 Å². The summed E-state index contributed by atoms with van der Waals surface area (Å²) in [6.45, 7) is 4.45. The molecule has 1 aromatic rings. The monoisotopic (exact) mass is 237 g/mol. The molecule has 0 spiro atoms. The average Bonchev–Trinajstić information content (AvgIpc) is 2.36. The van der Waals surface area contributed by atoms with E-state index in [1.165, 1.54) is 19.3 Å². The zero-order chi connectivity index (χ0) is 12.3. The molecule has 0 heterocycles. The molecule has 0 aliphatic carbocycles. The number of nitrogens with one attached hydrogen (secondary N) is 1. The number of methoxy groups -OCH3 is 1. The second-order valence-electron chi connectivity index (χ2n) is 4.00. The SMILES string of the molecule is CCCCCNc1cccc(OCCOC)c1. The van der Waals surface area contributed by atoms with Crippen molar-refractivity contribution in [3.63, 3.8) is 0 Å². The number of rotatable bonds is 9. The molecule has 3 heteroatoms. The second kappa shape index (κ2) is 8.88. The Morgan fingerprint density at radius 2 is 2.06 bits per heavy atom. The highest BCUT2D eigenvalue weighted by Crippen LogP contribution is 2.17. The number of ether oxygens (including phenoxy) is 2. The van der Waals surface area contributed by atoms with E-state index in [-0.39, 0.29) is 0 Å². The first kappa shape index (κ1) is 13.8. The lowest BCUT2D eigenvalue weighted by Crippen LogP contribution is -2.05. The molecule has 0 saturated heterocycles. The maximum absolute atomic E-state index is 5.55. The van der Waals surface area contributed by atoms with E-state index in [0.717, 1.165) is 18.0 Å². The summed E-state index contributed by atoms with van der Waals surface area (Å²) in [7, 11) is 1.68. The highest BCUT2D eigenvalue weighted by atomic mass is 16.5. The third kappa shape index (κ3) is 6.17. The van der Waals surface area contributed by atoms with Crippen molar-refractivity contribution >= 4 is 5.69 Å². The molecule has 0 unspecified atom stereocenters. The number of anilines is 1. The van der Waals surface area contributed by atoms with Crippen LogP contribution >= 0.6 is 0 Å². The van der Waals surface area contributed by atoms with Gasteiger partial charge in [-0.05, 0) is 18.6 Å². The van der Waals surface area contributed by atoms with E-state index in [0.29, 0.717) is 13.2 Å². The summed E-state index contributed by atoms with van der Waals surface area (Å²) < 4.78 is 10.5. The molecule has 1 aromatic carbocycles. The number of hydrogen-bond acceptors (Lipinski definition) is 3. The Kier molecular flexibility index (Phi) is 7.23.